The van der Waals surface area contributed by atoms with Crippen LogP contribution in [0, 0.1) is 5.82 Å². The van der Waals surface area contributed by atoms with Crippen LogP contribution in [0.1, 0.15) is 16.8 Å². The van der Waals surface area contributed by atoms with Gasteiger partial charge in [0.2, 0.25) is 0 Å². The van der Waals surface area contributed by atoms with Crippen LogP contribution in [0.15, 0.2) is 23.1 Å². The smallest absolute Gasteiger partial charge is 0.256 e. The molecule has 92 valence electrons. The van der Waals surface area contributed by atoms with E-state index in [-0.39, 0.29) is 17.5 Å². The number of carbonyl (C=O) groups excluding carboxylic acids is 1. The lowest BCUT2D eigenvalue weighted by Crippen LogP contribution is -2.37. The predicted molar refractivity (Wildman–Crippen MR) is 71.5 cm³/mol. The van der Waals surface area contributed by atoms with Gasteiger partial charge in [0.05, 0.1) is 5.56 Å². The highest BCUT2D eigenvalue weighted by atomic mass is 32.2. The van der Waals surface area contributed by atoms with Crippen LogP contribution in [-0.4, -0.2) is 35.4 Å². The normalized spacial score (nSPS) is 19.4. The second kappa shape index (κ2) is 5.31. The second-order valence-electron chi connectivity index (χ2n) is 4.10. The van der Waals surface area contributed by atoms with Crippen LogP contribution in [-0.2, 0) is 0 Å². The summed E-state index contributed by atoms with van der Waals surface area (Å²) in [6, 6.07) is 4.53. The van der Waals surface area contributed by atoms with Gasteiger partial charge < -0.3 is 4.90 Å². The fourth-order valence-corrected chi connectivity index (χ4v) is 3.33. The minimum Gasteiger partial charge on any atom is -0.338 e. The first-order valence-corrected chi connectivity index (χ1v) is 7.03. The SMILES string of the molecule is CN(C(=O)c1cc(S)ccc1F)C1CCSC1. The van der Waals surface area contributed by atoms with Gasteiger partial charge in [-0.3, -0.25) is 4.79 Å². The van der Waals surface area contributed by atoms with Crippen molar-refractivity contribution in [3.63, 3.8) is 0 Å². The summed E-state index contributed by atoms with van der Waals surface area (Å²) in [7, 11) is 1.74. The molecule has 0 N–H and O–H groups in total. The first-order chi connectivity index (χ1) is 8.09. The number of carbonyl (C=O) groups is 1. The predicted octanol–water partition coefficient (Wildman–Crippen LogP) is 2.69. The van der Waals surface area contributed by atoms with Gasteiger partial charge in [-0.15, -0.1) is 12.6 Å². The van der Waals surface area contributed by atoms with E-state index >= 15 is 0 Å². The molecule has 1 heterocycles. The Bertz CT molecular complexity index is 433. The molecule has 1 aromatic carbocycles. The molecule has 0 saturated carbocycles. The van der Waals surface area contributed by atoms with Gasteiger partial charge in [-0.25, -0.2) is 4.39 Å². The molecule has 5 heteroatoms. The molecule has 1 aromatic rings. The highest BCUT2D eigenvalue weighted by molar-refractivity contribution is 7.99. The van der Waals surface area contributed by atoms with Crippen LogP contribution in [0.25, 0.3) is 0 Å². The van der Waals surface area contributed by atoms with Gasteiger partial charge in [-0.2, -0.15) is 11.8 Å². The molecule has 1 aliphatic rings. The Balaban J connectivity index is 2.20. The molecule has 1 atom stereocenters. The third-order valence-corrected chi connectivity index (χ3v) is 4.38. The van der Waals surface area contributed by atoms with Crippen molar-refractivity contribution in [1.82, 2.24) is 4.90 Å². The number of hydrogen-bond donors (Lipinski definition) is 1. The minimum absolute atomic E-state index is 0.108. The fraction of sp³-hybridized carbons (Fsp3) is 0.417. The number of halogens is 1. The number of thioether (sulfide) groups is 1. The average molecular weight is 271 g/mol. The lowest BCUT2D eigenvalue weighted by Gasteiger charge is -2.24. The molecule has 0 spiro atoms. The number of rotatable bonds is 2. The molecule has 0 bridgehead atoms. The van der Waals surface area contributed by atoms with Crippen LogP contribution in [0.3, 0.4) is 0 Å². The molecule has 2 rings (SSSR count). The molecule has 1 unspecified atom stereocenters. The highest BCUT2D eigenvalue weighted by Crippen LogP contribution is 2.23. The van der Waals surface area contributed by atoms with Crippen molar-refractivity contribution in [1.29, 1.82) is 0 Å². The van der Waals surface area contributed by atoms with E-state index in [1.54, 1.807) is 18.0 Å². The van der Waals surface area contributed by atoms with E-state index in [1.807, 2.05) is 11.8 Å². The summed E-state index contributed by atoms with van der Waals surface area (Å²) in [4.78, 5) is 14.4. The van der Waals surface area contributed by atoms with Crippen LogP contribution in [0.2, 0.25) is 0 Å². The second-order valence-corrected chi connectivity index (χ2v) is 5.76. The van der Waals surface area contributed by atoms with Gasteiger partial charge in [0.15, 0.2) is 0 Å². The molecule has 1 aliphatic heterocycles. The first-order valence-electron chi connectivity index (χ1n) is 5.43. The standard InChI is InChI=1S/C12H14FNOS2/c1-14(8-4-5-17-7-8)12(15)10-6-9(16)2-3-11(10)13/h2-3,6,8,16H,4-5,7H2,1H3. The molecule has 2 nitrogen and oxygen atoms in total. The number of benzene rings is 1. The molecule has 1 saturated heterocycles. The molecule has 0 aromatic heterocycles. The zero-order valence-corrected chi connectivity index (χ0v) is 11.2. The molecule has 1 amide bonds. The van der Waals surface area contributed by atoms with Crippen molar-refractivity contribution in [2.75, 3.05) is 18.6 Å². The van der Waals surface area contributed by atoms with Gasteiger partial charge in [0.1, 0.15) is 5.82 Å². The average Bonchev–Trinajstić information content (AvgIpc) is 2.84. The van der Waals surface area contributed by atoms with Gasteiger partial charge >= 0.3 is 0 Å². The zero-order chi connectivity index (χ0) is 12.4. The van der Waals surface area contributed by atoms with Crippen molar-refractivity contribution in [3.8, 4) is 0 Å². The van der Waals surface area contributed by atoms with E-state index in [4.69, 9.17) is 0 Å². The monoisotopic (exact) mass is 271 g/mol. The maximum atomic E-state index is 13.6. The molecular weight excluding hydrogens is 257 g/mol. The zero-order valence-electron chi connectivity index (χ0n) is 9.52. The molecule has 17 heavy (non-hydrogen) atoms. The number of nitrogens with zero attached hydrogens (tertiary/aromatic N) is 1. The molecule has 1 fully saturated rings. The molecule has 0 radical (unpaired) electrons. The Kier molecular flexibility index (Phi) is 3.99. The first kappa shape index (κ1) is 12.8. The molecule has 0 aliphatic carbocycles. The van der Waals surface area contributed by atoms with Crippen LogP contribution in [0.5, 0.6) is 0 Å². The lowest BCUT2D eigenvalue weighted by molar-refractivity contribution is 0.0743. The van der Waals surface area contributed by atoms with Crippen molar-refractivity contribution in [2.45, 2.75) is 17.4 Å². The quantitative estimate of drug-likeness (QED) is 0.835. The lowest BCUT2D eigenvalue weighted by atomic mass is 10.1. The highest BCUT2D eigenvalue weighted by Gasteiger charge is 2.26. The van der Waals surface area contributed by atoms with Gasteiger partial charge in [0.25, 0.3) is 5.91 Å². The number of hydrogen-bond acceptors (Lipinski definition) is 3. The summed E-state index contributed by atoms with van der Waals surface area (Å²) in [6.07, 6.45) is 0.981. The van der Waals surface area contributed by atoms with Gasteiger partial charge in [-0.05, 0) is 30.4 Å². The number of amides is 1. The summed E-state index contributed by atoms with van der Waals surface area (Å²) in [5, 5.41) is 0. The van der Waals surface area contributed by atoms with Crippen molar-refractivity contribution in [3.05, 3.63) is 29.6 Å². The summed E-state index contributed by atoms with van der Waals surface area (Å²) in [5.41, 5.74) is 0.108. The van der Waals surface area contributed by atoms with E-state index in [0.29, 0.717) is 4.90 Å². The van der Waals surface area contributed by atoms with Gasteiger partial charge in [-0.1, -0.05) is 0 Å². The van der Waals surface area contributed by atoms with E-state index in [1.165, 1.54) is 12.1 Å². The van der Waals surface area contributed by atoms with Crippen molar-refractivity contribution >= 4 is 30.3 Å². The molecular formula is C12H14FNOS2. The largest absolute Gasteiger partial charge is 0.338 e. The van der Waals surface area contributed by atoms with E-state index < -0.39 is 5.82 Å². The summed E-state index contributed by atoms with van der Waals surface area (Å²) < 4.78 is 13.6. The topological polar surface area (TPSA) is 20.3 Å². The maximum absolute atomic E-state index is 13.6. The summed E-state index contributed by atoms with van der Waals surface area (Å²) in [5.74, 6) is 1.26. The third kappa shape index (κ3) is 2.77. The third-order valence-electron chi connectivity index (χ3n) is 2.95. The van der Waals surface area contributed by atoms with Crippen molar-refractivity contribution < 1.29 is 9.18 Å². The Morgan fingerprint density at radius 1 is 1.59 bits per heavy atom. The fourth-order valence-electron chi connectivity index (χ4n) is 1.86. The van der Waals surface area contributed by atoms with E-state index in [2.05, 4.69) is 12.6 Å². The van der Waals surface area contributed by atoms with Crippen LogP contribution < -0.4 is 0 Å². The van der Waals surface area contributed by atoms with Crippen LogP contribution >= 0.6 is 24.4 Å². The Morgan fingerprint density at radius 2 is 2.35 bits per heavy atom. The number of thiol groups is 1. The Labute approximate surface area is 110 Å². The van der Waals surface area contributed by atoms with Gasteiger partial charge in [0, 0.05) is 23.7 Å². The van der Waals surface area contributed by atoms with E-state index in [0.717, 1.165) is 17.9 Å². The van der Waals surface area contributed by atoms with Crippen LogP contribution in [0.4, 0.5) is 4.39 Å². The summed E-state index contributed by atoms with van der Waals surface area (Å²) >= 11 is 5.96. The summed E-state index contributed by atoms with van der Waals surface area (Å²) in [6.45, 7) is 0. The van der Waals surface area contributed by atoms with Crippen molar-refractivity contribution in [2.24, 2.45) is 0 Å². The van der Waals surface area contributed by atoms with E-state index in [9.17, 15) is 9.18 Å². The minimum atomic E-state index is -0.481. The Hall–Kier alpha value is -0.680. The maximum Gasteiger partial charge on any atom is 0.256 e. The Morgan fingerprint density at radius 3 is 3.00 bits per heavy atom.